The van der Waals surface area contributed by atoms with Gasteiger partial charge in [-0.05, 0) is 144 Å². The summed E-state index contributed by atoms with van der Waals surface area (Å²) < 4.78 is 9.92. The van der Waals surface area contributed by atoms with Crippen LogP contribution >= 0.6 is 31.9 Å². The van der Waals surface area contributed by atoms with Crippen molar-refractivity contribution in [3.8, 4) is 51.6 Å². The normalized spacial score (nSPS) is 10.6. The summed E-state index contributed by atoms with van der Waals surface area (Å²) in [7, 11) is 2.77. The summed E-state index contributed by atoms with van der Waals surface area (Å²) in [6.45, 7) is 10.6. The van der Waals surface area contributed by atoms with Crippen LogP contribution in [-0.2, 0) is 34.7 Å². The van der Waals surface area contributed by atoms with Crippen LogP contribution in [-0.4, -0.2) is 62.0 Å². The van der Waals surface area contributed by atoms with Crippen LogP contribution in [0.25, 0.3) is 98.0 Å². The van der Waals surface area contributed by atoms with Crippen LogP contribution in [0.5, 0.6) is 0 Å². The van der Waals surface area contributed by atoms with Crippen molar-refractivity contribution in [3.05, 3.63) is 233 Å². The van der Waals surface area contributed by atoms with Crippen LogP contribution in [0, 0.1) is 34.0 Å². The predicted molar refractivity (Wildman–Crippen MR) is 379 cm³/mol. The Hall–Kier alpha value is -9.61. The first-order valence-corrected chi connectivity index (χ1v) is 29.4. The third-order valence-electron chi connectivity index (χ3n) is 15.6. The van der Waals surface area contributed by atoms with Gasteiger partial charge in [0.2, 0.25) is 0 Å². The molecular weight excluding hydrogens is 1290 g/mol. The molecule has 0 unspecified atom stereocenters. The number of esters is 2. The number of methoxy groups -OCH3 is 2. The monoisotopic (exact) mass is 1360 g/mol. The van der Waals surface area contributed by atoms with Gasteiger partial charge < -0.3 is 20.1 Å². The van der Waals surface area contributed by atoms with E-state index in [0.29, 0.717) is 16.7 Å². The summed E-state index contributed by atoms with van der Waals surface area (Å²) in [5, 5.41) is 49.8. The third kappa shape index (κ3) is 15.8. The van der Waals surface area contributed by atoms with E-state index in [4.69, 9.17) is 4.74 Å². The molecule has 0 aliphatic rings. The minimum Gasteiger partial charge on any atom is -0.870 e. The molecule has 466 valence electrons. The first-order valence-electron chi connectivity index (χ1n) is 27.8. The molecule has 0 atom stereocenters. The maximum Gasteiger partial charge on any atom is 1.00 e. The second kappa shape index (κ2) is 32.1. The number of hydrogen-bond donors (Lipinski definition) is 1. The smallest absolute Gasteiger partial charge is 0.870 e. The fourth-order valence-corrected chi connectivity index (χ4v) is 11.0. The van der Waals surface area contributed by atoms with Gasteiger partial charge in [-0.25, -0.2) is 0 Å². The fourth-order valence-electron chi connectivity index (χ4n) is 10.5. The molecule has 3 aromatic heterocycles. The van der Waals surface area contributed by atoms with Gasteiger partial charge in [0.15, 0.2) is 0 Å². The summed E-state index contributed by atoms with van der Waals surface area (Å²) in [6.07, 6.45) is 11.0. The molecule has 0 aliphatic carbocycles. The van der Waals surface area contributed by atoms with Crippen LogP contribution in [0.3, 0.4) is 0 Å². The van der Waals surface area contributed by atoms with Crippen molar-refractivity contribution in [1.82, 2.24) is 15.0 Å². The quantitative estimate of drug-likeness (QED) is 0.0849. The van der Waals surface area contributed by atoms with Crippen LogP contribution in [0.1, 0.15) is 91.6 Å². The predicted octanol–water partition coefficient (Wildman–Crippen LogP) is 16.4. The number of benzene rings is 9. The number of nitrogens with zero attached hydrogens (tertiary/aromatic N) is 6. The van der Waals surface area contributed by atoms with Crippen LogP contribution in [0.2, 0.25) is 0 Å². The van der Waals surface area contributed by atoms with E-state index in [2.05, 4.69) is 88.0 Å². The number of carboxylic acid groups (broad SMARTS) is 1. The van der Waals surface area contributed by atoms with Crippen molar-refractivity contribution in [2.75, 3.05) is 14.2 Å². The molecule has 13 nitrogen and oxygen atoms in total. The maximum atomic E-state index is 12.3. The second-order valence-corrected chi connectivity index (χ2v) is 25.2. The molecule has 0 spiro atoms. The minimum atomic E-state index is -0.999. The molecule has 93 heavy (non-hydrogen) atoms. The van der Waals surface area contributed by atoms with E-state index in [9.17, 15) is 35.3 Å². The average Bonchev–Trinajstić information content (AvgIpc) is 0.792. The molecular formula is C77H71Br2LiN6O7. The third-order valence-corrected chi connectivity index (χ3v) is 16.4. The number of carbonyl (C=O) groups excluding carboxylic acids is 2. The number of nitriles is 3. The molecule has 9 aromatic carbocycles. The largest absolute Gasteiger partial charge is 1.00 e. The van der Waals surface area contributed by atoms with Crippen LogP contribution in [0.15, 0.2) is 205 Å². The zero-order valence-electron chi connectivity index (χ0n) is 50.9. The van der Waals surface area contributed by atoms with E-state index in [0.717, 1.165) is 114 Å². The summed E-state index contributed by atoms with van der Waals surface area (Å²) in [4.78, 5) is 47.8. The molecule has 2 N–H and O–H groups in total. The van der Waals surface area contributed by atoms with Crippen LogP contribution in [0.4, 0.5) is 0 Å². The molecule has 0 amide bonds. The Morgan fingerprint density at radius 3 is 1.03 bits per heavy atom. The number of aromatic nitrogens is 3. The number of carboxylic acids is 1. The number of rotatable bonds is 8. The van der Waals surface area contributed by atoms with E-state index in [1.165, 1.54) is 14.2 Å². The van der Waals surface area contributed by atoms with Gasteiger partial charge in [-0.3, -0.25) is 29.3 Å². The van der Waals surface area contributed by atoms with Gasteiger partial charge in [0.25, 0.3) is 0 Å². The number of aliphatic carboxylic acids is 1. The molecule has 16 heteroatoms. The average molecular weight is 1360 g/mol. The van der Waals surface area contributed by atoms with Crippen LogP contribution < -0.4 is 18.9 Å². The minimum absolute atomic E-state index is 0. The Labute approximate surface area is 572 Å². The van der Waals surface area contributed by atoms with E-state index in [-0.39, 0.29) is 58.6 Å². The molecule has 0 radical (unpaired) electrons. The van der Waals surface area contributed by atoms with Gasteiger partial charge >= 0.3 is 36.8 Å². The maximum absolute atomic E-state index is 12.3. The molecule has 12 aromatic rings. The summed E-state index contributed by atoms with van der Waals surface area (Å²) in [5.74, 6) is -1.40. The van der Waals surface area contributed by atoms with Crippen molar-refractivity contribution < 1.29 is 53.3 Å². The van der Waals surface area contributed by atoms with Crippen molar-refractivity contribution >= 4 is 114 Å². The Kier molecular flexibility index (Phi) is 26.2. The van der Waals surface area contributed by atoms with Crippen molar-refractivity contribution in [3.63, 3.8) is 0 Å². The first-order chi connectivity index (χ1) is 42.2. The number of ether oxygens (including phenoxy) is 2. The van der Waals surface area contributed by atoms with E-state index in [1.807, 2.05) is 184 Å². The van der Waals surface area contributed by atoms with Crippen molar-refractivity contribution in [2.24, 2.45) is 0 Å². The Balaban J connectivity index is 0.000000275. The zero-order chi connectivity index (χ0) is 63.1. The molecule has 3 heterocycles. The fraction of sp³-hybridized carbons (Fsp3) is 0.182. The Bertz CT molecular complexity index is 4870. The number of carbonyl (C=O) groups is 3. The van der Waals surface area contributed by atoms with Crippen molar-refractivity contribution in [1.29, 1.82) is 15.8 Å². The summed E-state index contributed by atoms with van der Waals surface area (Å²) in [5.41, 5.74) is 7.83. The number of alkyl halides is 1. The number of halogens is 2. The molecule has 0 bridgehead atoms. The number of fused-ring (bicyclic) bond motifs is 6. The van der Waals surface area contributed by atoms with E-state index >= 15 is 0 Å². The molecule has 0 saturated heterocycles. The number of pyridine rings is 3. The topological polar surface area (TPSA) is 230 Å². The Morgan fingerprint density at radius 1 is 0.419 bits per heavy atom. The molecule has 0 aliphatic heterocycles. The summed E-state index contributed by atoms with van der Waals surface area (Å²) >= 11 is 6.68. The van der Waals surface area contributed by atoms with Gasteiger partial charge in [-0.15, -0.1) is 0 Å². The standard InChI is InChI=1S/C25H20N2O2.C24H18N2O2.C20H11BrN2.C5H9BrO2.3CH4.Li.H2O/c1-25(2,24(28)29-3)18-10-8-17-14-27-15-23(22(17)12-18)21-11-9-16(13-26)19-6-4-5-7-20(19)21;1-24(2,23(27)28)17-9-7-16-13-26-14-22(21(16)11-17)20-10-8-15(12-25)18-5-3-4-6-19(18)20;21-15-7-5-14-11-23-12-20(19(14)9-15)18-8-6-13(10-22)16-3-1-2-4-17(16)18;1-5(2,6)4(7)8-3;;;;;/h4-12,14-15H,1-3H3;3-11,13-14H,1-2H3,(H,27,28);1-9,11-12H;1-3H3;3*1H4;;1H2/q;;;;;;;+1;/p-1. The van der Waals surface area contributed by atoms with E-state index < -0.39 is 21.1 Å². The molecule has 0 fully saturated rings. The molecule has 0 saturated carbocycles. The van der Waals surface area contributed by atoms with Gasteiger partial charge in [0.1, 0.15) is 4.32 Å². The summed E-state index contributed by atoms with van der Waals surface area (Å²) in [6, 6.07) is 59.8. The van der Waals surface area contributed by atoms with Gasteiger partial charge in [-0.1, -0.05) is 175 Å². The zero-order valence-corrected chi connectivity index (χ0v) is 54.1. The Morgan fingerprint density at radius 2 is 0.731 bits per heavy atom. The van der Waals surface area contributed by atoms with Gasteiger partial charge in [0.05, 0.1) is 59.9 Å². The van der Waals surface area contributed by atoms with Crippen molar-refractivity contribution in [2.45, 2.75) is 79.0 Å². The SMILES string of the molecule is C.C.C.CC(C)(C(=O)O)c1ccc2cncc(-c3ccc(C#N)c4ccccc34)c2c1.COC(=O)C(C)(C)Br.COC(=O)C(C)(C)c1ccc2cncc(-c3ccc(C#N)c4ccccc34)c2c1.N#Cc1ccc(-c2cncc3ccc(Br)cc23)c2ccccc12.[Li+].[OH-]. The van der Waals surface area contributed by atoms with E-state index in [1.54, 1.807) is 40.1 Å². The van der Waals surface area contributed by atoms with Gasteiger partial charge in [-0.2, -0.15) is 15.8 Å². The van der Waals surface area contributed by atoms with Gasteiger partial charge in [0, 0.05) is 90.7 Å². The first kappa shape index (κ1) is 75.8. The number of hydrogen-bond acceptors (Lipinski definition) is 12. The second-order valence-electron chi connectivity index (χ2n) is 22.3. The molecule has 12 rings (SSSR count).